The van der Waals surface area contributed by atoms with Gasteiger partial charge in [0.2, 0.25) is 11.9 Å². The van der Waals surface area contributed by atoms with Crippen LogP contribution in [0.5, 0.6) is 0 Å². The minimum absolute atomic E-state index is 0.000434. The van der Waals surface area contributed by atoms with Crippen molar-refractivity contribution in [2.45, 2.75) is 58.3 Å². The molecule has 0 unspecified atom stereocenters. The summed E-state index contributed by atoms with van der Waals surface area (Å²) in [7, 11) is 0. The number of fused-ring (bicyclic) bond motifs is 1. The molecule has 37 heavy (non-hydrogen) atoms. The van der Waals surface area contributed by atoms with E-state index in [9.17, 15) is 18.0 Å². The summed E-state index contributed by atoms with van der Waals surface area (Å²) in [6.07, 6.45) is 1.54. The zero-order chi connectivity index (χ0) is 26.9. The molecule has 3 aromatic rings. The Labute approximate surface area is 213 Å². The van der Waals surface area contributed by atoms with Gasteiger partial charge in [-0.2, -0.15) is 13.2 Å². The highest BCUT2D eigenvalue weighted by Gasteiger charge is 2.32. The molecule has 200 valence electrons. The van der Waals surface area contributed by atoms with Gasteiger partial charge < -0.3 is 26.7 Å². The summed E-state index contributed by atoms with van der Waals surface area (Å²) in [4.78, 5) is 30.1. The van der Waals surface area contributed by atoms with E-state index in [1.165, 1.54) is 6.20 Å². The highest BCUT2D eigenvalue weighted by atomic mass is 19.4. The van der Waals surface area contributed by atoms with E-state index in [0.29, 0.717) is 48.3 Å². The van der Waals surface area contributed by atoms with Gasteiger partial charge in [0.05, 0.1) is 23.5 Å². The predicted molar refractivity (Wildman–Crippen MR) is 136 cm³/mol. The fourth-order valence-corrected chi connectivity index (χ4v) is 4.82. The SMILES string of the molecule is CC(C)C[C@@H](N)C(=O)N1CCC([C@@H](C)Nc2ncc(N)c(-c3c[nH]c4ncc(C(F)(F)F)cc34)n2)CC1. The number of nitrogens with one attached hydrogen (secondary N) is 2. The van der Waals surface area contributed by atoms with Crippen LogP contribution in [0.1, 0.15) is 45.6 Å². The Morgan fingerprint density at radius 1 is 1.22 bits per heavy atom. The Morgan fingerprint density at radius 2 is 1.92 bits per heavy atom. The molecule has 0 radical (unpaired) electrons. The number of pyridine rings is 1. The number of nitrogens with zero attached hydrogens (tertiary/aromatic N) is 4. The van der Waals surface area contributed by atoms with Gasteiger partial charge in [-0.1, -0.05) is 13.8 Å². The molecule has 0 aliphatic carbocycles. The van der Waals surface area contributed by atoms with E-state index in [1.54, 1.807) is 6.20 Å². The summed E-state index contributed by atoms with van der Waals surface area (Å²) >= 11 is 0. The topological polar surface area (TPSA) is 139 Å². The number of nitrogens with two attached hydrogens (primary N) is 2. The summed E-state index contributed by atoms with van der Waals surface area (Å²) in [6.45, 7) is 7.40. The minimum atomic E-state index is -4.52. The fourth-order valence-electron chi connectivity index (χ4n) is 4.82. The first-order valence-corrected chi connectivity index (χ1v) is 12.4. The van der Waals surface area contributed by atoms with Crippen LogP contribution < -0.4 is 16.8 Å². The van der Waals surface area contributed by atoms with Crippen molar-refractivity contribution in [2.75, 3.05) is 24.1 Å². The van der Waals surface area contributed by atoms with Gasteiger partial charge in [0.25, 0.3) is 0 Å². The molecule has 4 rings (SSSR count). The maximum Gasteiger partial charge on any atom is 0.417 e. The second-order valence-electron chi connectivity index (χ2n) is 10.1. The van der Waals surface area contributed by atoms with Crippen molar-refractivity contribution in [3.63, 3.8) is 0 Å². The number of hydrogen-bond acceptors (Lipinski definition) is 7. The van der Waals surface area contributed by atoms with Crippen molar-refractivity contribution < 1.29 is 18.0 Å². The van der Waals surface area contributed by atoms with Crippen molar-refractivity contribution in [1.82, 2.24) is 24.8 Å². The number of halogens is 3. The molecule has 1 fully saturated rings. The van der Waals surface area contributed by atoms with Crippen molar-refractivity contribution >= 4 is 28.6 Å². The average Bonchev–Trinajstić information content (AvgIpc) is 3.27. The summed E-state index contributed by atoms with van der Waals surface area (Å²) in [6, 6.07) is 0.563. The number of hydrogen-bond donors (Lipinski definition) is 4. The first-order valence-electron chi connectivity index (χ1n) is 12.4. The van der Waals surface area contributed by atoms with Gasteiger partial charge in [0, 0.05) is 42.5 Å². The first-order chi connectivity index (χ1) is 17.4. The van der Waals surface area contributed by atoms with Crippen LogP contribution >= 0.6 is 0 Å². The molecule has 9 nitrogen and oxygen atoms in total. The summed E-state index contributed by atoms with van der Waals surface area (Å²) in [5.41, 5.74) is 12.6. The van der Waals surface area contributed by atoms with Gasteiger partial charge in [-0.05, 0) is 44.1 Å². The Bertz CT molecular complexity index is 1250. The highest BCUT2D eigenvalue weighted by Crippen LogP contribution is 2.35. The molecule has 1 aliphatic heterocycles. The second kappa shape index (κ2) is 10.5. The van der Waals surface area contributed by atoms with E-state index < -0.39 is 17.8 Å². The van der Waals surface area contributed by atoms with E-state index in [-0.39, 0.29) is 28.9 Å². The number of anilines is 2. The van der Waals surface area contributed by atoms with Crippen molar-refractivity contribution in [1.29, 1.82) is 0 Å². The number of nitrogen functional groups attached to an aromatic ring is 1. The number of aromatic amines is 1. The number of alkyl halides is 3. The third-order valence-electron chi connectivity index (χ3n) is 6.89. The summed E-state index contributed by atoms with van der Waals surface area (Å²) < 4.78 is 39.7. The van der Waals surface area contributed by atoms with Crippen molar-refractivity contribution in [3.8, 4) is 11.3 Å². The van der Waals surface area contributed by atoms with Crippen LogP contribution in [0.2, 0.25) is 0 Å². The van der Waals surface area contributed by atoms with E-state index in [0.717, 1.165) is 25.1 Å². The Kier molecular flexibility index (Phi) is 7.58. The third kappa shape index (κ3) is 5.95. The smallest absolute Gasteiger partial charge is 0.396 e. The molecule has 1 amide bonds. The van der Waals surface area contributed by atoms with Gasteiger partial charge in [-0.25, -0.2) is 15.0 Å². The zero-order valence-corrected chi connectivity index (χ0v) is 21.1. The zero-order valence-electron chi connectivity index (χ0n) is 21.1. The minimum Gasteiger partial charge on any atom is -0.396 e. The number of piperidine rings is 1. The van der Waals surface area contributed by atoms with Gasteiger partial charge in [-0.3, -0.25) is 4.79 Å². The number of H-pyrrole nitrogens is 1. The molecule has 12 heteroatoms. The van der Waals surface area contributed by atoms with Crippen LogP contribution in [0.4, 0.5) is 24.8 Å². The van der Waals surface area contributed by atoms with Gasteiger partial charge in [0.1, 0.15) is 11.3 Å². The van der Waals surface area contributed by atoms with Crippen LogP contribution in [0.25, 0.3) is 22.3 Å². The molecular formula is C25H33F3N8O. The number of carbonyl (C=O) groups is 1. The molecule has 0 spiro atoms. The van der Waals surface area contributed by atoms with Gasteiger partial charge in [-0.15, -0.1) is 0 Å². The second-order valence-corrected chi connectivity index (χ2v) is 10.1. The van der Waals surface area contributed by atoms with Gasteiger partial charge in [0.15, 0.2) is 0 Å². The van der Waals surface area contributed by atoms with Crippen LogP contribution in [-0.4, -0.2) is 55.9 Å². The molecule has 0 aromatic carbocycles. The number of carbonyl (C=O) groups excluding carboxylic acids is 1. The lowest BCUT2D eigenvalue weighted by molar-refractivity contribution is -0.137. The molecule has 0 saturated carbocycles. The molecule has 6 N–H and O–H groups in total. The molecule has 3 aromatic heterocycles. The monoisotopic (exact) mass is 518 g/mol. The van der Waals surface area contributed by atoms with Crippen LogP contribution in [0, 0.1) is 11.8 Å². The van der Waals surface area contributed by atoms with E-state index in [1.807, 2.05) is 25.7 Å². The maximum atomic E-state index is 13.2. The molecule has 0 bridgehead atoms. The van der Waals surface area contributed by atoms with Crippen LogP contribution in [-0.2, 0) is 11.0 Å². The molecule has 1 saturated heterocycles. The van der Waals surface area contributed by atoms with Crippen molar-refractivity contribution in [2.24, 2.45) is 17.6 Å². The average molecular weight is 519 g/mol. The van der Waals surface area contributed by atoms with Crippen molar-refractivity contribution in [3.05, 3.63) is 30.2 Å². The van der Waals surface area contributed by atoms with Crippen LogP contribution in [0.3, 0.4) is 0 Å². The fraction of sp³-hybridized carbons (Fsp3) is 0.520. The lowest BCUT2D eigenvalue weighted by atomic mass is 9.90. The van der Waals surface area contributed by atoms with Crippen LogP contribution in [0.15, 0.2) is 24.7 Å². The number of likely N-dealkylation sites (tertiary alicyclic amines) is 1. The van der Waals surface area contributed by atoms with E-state index in [4.69, 9.17) is 11.5 Å². The van der Waals surface area contributed by atoms with E-state index >= 15 is 0 Å². The van der Waals surface area contributed by atoms with Gasteiger partial charge >= 0.3 is 6.18 Å². The lowest BCUT2D eigenvalue weighted by Gasteiger charge is -2.36. The quantitative estimate of drug-likeness (QED) is 0.370. The Hall–Kier alpha value is -3.41. The largest absolute Gasteiger partial charge is 0.417 e. The maximum absolute atomic E-state index is 13.2. The Morgan fingerprint density at radius 3 is 2.57 bits per heavy atom. The number of rotatable bonds is 7. The van der Waals surface area contributed by atoms with E-state index in [2.05, 4.69) is 25.3 Å². The number of aromatic nitrogens is 4. The summed E-state index contributed by atoms with van der Waals surface area (Å²) in [5.74, 6) is 0.962. The molecule has 2 atom stereocenters. The predicted octanol–water partition coefficient (Wildman–Crippen LogP) is 4.03. The Balaban J connectivity index is 1.46. The lowest BCUT2D eigenvalue weighted by Crippen LogP contribution is -2.49. The normalized spacial score (nSPS) is 16.8. The highest BCUT2D eigenvalue weighted by molar-refractivity contribution is 5.95. The summed E-state index contributed by atoms with van der Waals surface area (Å²) in [5, 5.41) is 3.58. The standard InChI is InChI=1S/C25H33F3N8O/c1-13(2)8-19(29)23(37)36-6-4-15(5-7-36)14(3)34-24-33-12-20(30)21(35-24)18-11-32-22-17(18)9-16(10-31-22)25(26,27)28/h9-15,19H,4-8,29-30H2,1-3H3,(H,31,32)(H,33,34,35)/t14-,19-/m1/s1. The first kappa shape index (κ1) is 26.6. The number of amides is 1. The molecule has 1 aliphatic rings. The third-order valence-corrected chi connectivity index (χ3v) is 6.89. The molecular weight excluding hydrogens is 485 g/mol. The molecule has 4 heterocycles.